The van der Waals surface area contributed by atoms with E-state index in [1.54, 1.807) is 0 Å². The highest BCUT2D eigenvalue weighted by molar-refractivity contribution is 9.10. The summed E-state index contributed by atoms with van der Waals surface area (Å²) in [5.74, 6) is -0.0388. The Morgan fingerprint density at radius 1 is 1.30 bits per heavy atom. The lowest BCUT2D eigenvalue weighted by molar-refractivity contribution is 0.101. The summed E-state index contributed by atoms with van der Waals surface area (Å²) in [5, 5.41) is 3.01. The zero-order valence-corrected chi connectivity index (χ0v) is 13.0. The fourth-order valence-corrected chi connectivity index (χ4v) is 2.86. The Morgan fingerprint density at radius 2 is 2.10 bits per heavy atom. The van der Waals surface area contributed by atoms with Gasteiger partial charge in [-0.05, 0) is 56.0 Å². The van der Waals surface area contributed by atoms with Crippen LogP contribution in [0.2, 0.25) is 0 Å². The number of hydrogen-bond acceptors (Lipinski definition) is 1. The molecule has 4 heteroatoms. The van der Waals surface area contributed by atoms with Crippen LogP contribution in [0.4, 0.5) is 5.69 Å². The van der Waals surface area contributed by atoms with Gasteiger partial charge in [0.25, 0.3) is 5.91 Å². The fourth-order valence-electron chi connectivity index (χ4n) is 2.50. The molecule has 0 saturated heterocycles. The molecule has 1 aromatic heterocycles. The van der Waals surface area contributed by atoms with Gasteiger partial charge in [-0.15, -0.1) is 0 Å². The standard InChI is InChI=1S/C16H17BrN2O/c1-11-13(17)7-3-8-14(11)18-16(20)15-9-4-10-19(15)12-5-2-6-12/h3-4,7-10,12H,2,5-6H2,1H3,(H,18,20). The second-order valence-corrected chi connectivity index (χ2v) is 6.11. The smallest absolute Gasteiger partial charge is 0.272 e. The van der Waals surface area contributed by atoms with Gasteiger partial charge in [0.1, 0.15) is 5.69 Å². The number of amides is 1. The van der Waals surface area contributed by atoms with Gasteiger partial charge in [-0.25, -0.2) is 0 Å². The Kier molecular flexibility index (Phi) is 3.66. The van der Waals surface area contributed by atoms with Gasteiger partial charge in [0.05, 0.1) is 0 Å². The van der Waals surface area contributed by atoms with Crippen molar-refractivity contribution in [3.8, 4) is 0 Å². The summed E-state index contributed by atoms with van der Waals surface area (Å²) in [4.78, 5) is 12.5. The van der Waals surface area contributed by atoms with E-state index in [2.05, 4.69) is 25.8 Å². The van der Waals surface area contributed by atoms with Crippen LogP contribution in [0.1, 0.15) is 41.4 Å². The van der Waals surface area contributed by atoms with Gasteiger partial charge in [0.2, 0.25) is 0 Å². The van der Waals surface area contributed by atoms with Gasteiger partial charge in [0.15, 0.2) is 0 Å². The highest BCUT2D eigenvalue weighted by atomic mass is 79.9. The molecular formula is C16H17BrN2O. The van der Waals surface area contributed by atoms with Gasteiger partial charge in [-0.2, -0.15) is 0 Å². The Morgan fingerprint density at radius 3 is 2.80 bits per heavy atom. The molecule has 1 aliphatic rings. The molecule has 3 nitrogen and oxygen atoms in total. The van der Waals surface area contributed by atoms with Crippen molar-refractivity contribution in [1.29, 1.82) is 0 Å². The summed E-state index contributed by atoms with van der Waals surface area (Å²) in [6.45, 7) is 1.99. The first-order chi connectivity index (χ1) is 9.66. The van der Waals surface area contributed by atoms with Crippen molar-refractivity contribution < 1.29 is 4.79 Å². The first kappa shape index (κ1) is 13.4. The van der Waals surface area contributed by atoms with Crippen LogP contribution in [-0.4, -0.2) is 10.5 Å². The molecule has 0 bridgehead atoms. The maximum absolute atomic E-state index is 12.5. The van der Waals surface area contributed by atoms with Crippen LogP contribution in [0.15, 0.2) is 41.0 Å². The molecule has 0 spiro atoms. The predicted octanol–water partition coefficient (Wildman–Crippen LogP) is 4.54. The van der Waals surface area contributed by atoms with E-state index in [9.17, 15) is 4.79 Å². The van der Waals surface area contributed by atoms with Crippen LogP contribution in [0.5, 0.6) is 0 Å². The van der Waals surface area contributed by atoms with E-state index in [-0.39, 0.29) is 5.91 Å². The number of rotatable bonds is 3. The summed E-state index contributed by atoms with van der Waals surface area (Å²) in [5.41, 5.74) is 2.64. The van der Waals surface area contributed by atoms with Gasteiger partial charge in [-0.1, -0.05) is 22.0 Å². The molecular weight excluding hydrogens is 316 g/mol. The van der Waals surface area contributed by atoms with Gasteiger partial charge in [0, 0.05) is 22.4 Å². The molecule has 104 valence electrons. The summed E-state index contributed by atoms with van der Waals surface area (Å²) in [7, 11) is 0. The van der Waals surface area contributed by atoms with Crippen molar-refractivity contribution in [3.63, 3.8) is 0 Å². The number of aromatic nitrogens is 1. The number of carbonyl (C=O) groups is 1. The summed E-state index contributed by atoms with van der Waals surface area (Å²) in [6, 6.07) is 10.2. The molecule has 1 saturated carbocycles. The summed E-state index contributed by atoms with van der Waals surface area (Å²) >= 11 is 3.49. The van der Waals surface area contributed by atoms with E-state index in [1.807, 2.05) is 43.5 Å². The van der Waals surface area contributed by atoms with E-state index in [4.69, 9.17) is 0 Å². The van der Waals surface area contributed by atoms with Crippen LogP contribution < -0.4 is 5.32 Å². The molecule has 20 heavy (non-hydrogen) atoms. The average molecular weight is 333 g/mol. The normalized spacial score (nSPS) is 14.9. The maximum Gasteiger partial charge on any atom is 0.272 e. The van der Waals surface area contributed by atoms with Crippen LogP contribution in [0.3, 0.4) is 0 Å². The Bertz CT molecular complexity index is 644. The largest absolute Gasteiger partial charge is 0.340 e. The van der Waals surface area contributed by atoms with E-state index < -0.39 is 0 Å². The Balaban J connectivity index is 1.83. The minimum Gasteiger partial charge on any atom is -0.340 e. The summed E-state index contributed by atoms with van der Waals surface area (Å²) < 4.78 is 3.11. The van der Waals surface area contributed by atoms with Gasteiger partial charge >= 0.3 is 0 Å². The number of nitrogens with one attached hydrogen (secondary N) is 1. The van der Waals surface area contributed by atoms with Gasteiger partial charge in [-0.3, -0.25) is 4.79 Å². The number of carbonyl (C=O) groups excluding carboxylic acids is 1. The quantitative estimate of drug-likeness (QED) is 0.879. The lowest BCUT2D eigenvalue weighted by atomic mass is 9.93. The third-order valence-electron chi connectivity index (χ3n) is 4.00. The lowest BCUT2D eigenvalue weighted by Gasteiger charge is -2.28. The lowest BCUT2D eigenvalue weighted by Crippen LogP contribution is -2.23. The van der Waals surface area contributed by atoms with Crippen LogP contribution in [-0.2, 0) is 0 Å². The topological polar surface area (TPSA) is 34.0 Å². The molecule has 1 aliphatic carbocycles. The second-order valence-electron chi connectivity index (χ2n) is 5.25. The number of hydrogen-bond donors (Lipinski definition) is 1. The number of benzene rings is 1. The zero-order chi connectivity index (χ0) is 14.1. The molecule has 1 N–H and O–H groups in total. The second kappa shape index (κ2) is 5.44. The average Bonchev–Trinajstić information content (AvgIpc) is 2.82. The molecule has 1 aromatic carbocycles. The predicted molar refractivity (Wildman–Crippen MR) is 84.2 cm³/mol. The van der Waals surface area contributed by atoms with Crippen molar-refractivity contribution in [2.24, 2.45) is 0 Å². The molecule has 3 rings (SSSR count). The summed E-state index contributed by atoms with van der Waals surface area (Å²) in [6.07, 6.45) is 5.61. The minimum absolute atomic E-state index is 0.0388. The fraction of sp³-hybridized carbons (Fsp3) is 0.312. The molecule has 0 radical (unpaired) electrons. The Labute approximate surface area is 127 Å². The van der Waals surface area contributed by atoms with Crippen molar-refractivity contribution in [1.82, 2.24) is 4.57 Å². The maximum atomic E-state index is 12.5. The third kappa shape index (κ3) is 2.40. The minimum atomic E-state index is -0.0388. The number of halogens is 1. The zero-order valence-electron chi connectivity index (χ0n) is 11.4. The monoisotopic (exact) mass is 332 g/mol. The molecule has 1 heterocycles. The van der Waals surface area contributed by atoms with E-state index in [0.29, 0.717) is 6.04 Å². The van der Waals surface area contributed by atoms with Crippen molar-refractivity contribution in [3.05, 3.63) is 52.3 Å². The first-order valence-corrected chi connectivity index (χ1v) is 7.69. The molecule has 1 fully saturated rings. The van der Waals surface area contributed by atoms with E-state index in [1.165, 1.54) is 19.3 Å². The van der Waals surface area contributed by atoms with Gasteiger partial charge < -0.3 is 9.88 Å². The molecule has 2 aromatic rings. The highest BCUT2D eigenvalue weighted by Crippen LogP contribution is 2.33. The van der Waals surface area contributed by atoms with Crippen molar-refractivity contribution in [2.75, 3.05) is 5.32 Å². The van der Waals surface area contributed by atoms with Crippen molar-refractivity contribution in [2.45, 2.75) is 32.2 Å². The van der Waals surface area contributed by atoms with Crippen LogP contribution in [0, 0.1) is 6.92 Å². The van der Waals surface area contributed by atoms with E-state index in [0.717, 1.165) is 21.4 Å². The number of nitrogens with zero attached hydrogens (tertiary/aromatic N) is 1. The van der Waals surface area contributed by atoms with Crippen LogP contribution >= 0.6 is 15.9 Å². The highest BCUT2D eigenvalue weighted by Gasteiger charge is 2.23. The van der Waals surface area contributed by atoms with E-state index >= 15 is 0 Å². The molecule has 0 aliphatic heterocycles. The molecule has 0 atom stereocenters. The number of anilines is 1. The van der Waals surface area contributed by atoms with Crippen molar-refractivity contribution >= 4 is 27.5 Å². The molecule has 0 unspecified atom stereocenters. The first-order valence-electron chi connectivity index (χ1n) is 6.90. The third-order valence-corrected chi connectivity index (χ3v) is 4.85. The molecule has 1 amide bonds. The van der Waals surface area contributed by atoms with Crippen LogP contribution in [0.25, 0.3) is 0 Å². The SMILES string of the molecule is Cc1c(Br)cccc1NC(=O)c1cccn1C1CCC1. The Hall–Kier alpha value is -1.55.